The Balaban J connectivity index is 1.34. The standard InChI is InChI=1S/C43H63ClO14/c1-12-54-39(51)37-29(45)19-30(55-37)40(10)43(52,53-11)27(9)42(57-40)15-13-14-41(58-42)24(6)17-23(5)36(56-41)26(8)35(48)25(7)33(46)21(3)16-20(2)31-28(44)18-22(4)34(47)32(31)38(49)50/h13-14,18,20-21,23-27,29-30,33,36-37,45-47,52H,12,15-17,19H2,1-11H3,(H,49,50). The number of aryl methyl sites for hydroxylation is 1. The molecule has 15 heteroatoms. The Morgan fingerprint density at radius 3 is 2.34 bits per heavy atom. The van der Waals surface area contributed by atoms with Crippen molar-refractivity contribution >= 4 is 29.3 Å². The number of carboxylic acid groups (broad SMARTS) is 1. The molecule has 14 nitrogen and oxygen atoms in total. The van der Waals surface area contributed by atoms with E-state index in [1.807, 2.05) is 26.0 Å². The number of aromatic hydroxyl groups is 1. The molecule has 58 heavy (non-hydrogen) atoms. The summed E-state index contributed by atoms with van der Waals surface area (Å²) in [6.07, 6.45) is -0.508. The lowest BCUT2D eigenvalue weighted by molar-refractivity contribution is -0.398. The van der Waals surface area contributed by atoms with Gasteiger partial charge in [-0.05, 0) is 74.6 Å². The number of aliphatic hydroxyl groups excluding tert-OH is 2. The fourth-order valence-electron chi connectivity index (χ4n) is 10.2. The van der Waals surface area contributed by atoms with E-state index in [1.165, 1.54) is 13.2 Å². The second-order valence-corrected chi connectivity index (χ2v) is 18.0. The predicted molar refractivity (Wildman–Crippen MR) is 211 cm³/mol. The molecule has 0 saturated carbocycles. The number of carboxylic acids is 1. The number of ketones is 1. The molecule has 5 N–H and O–H groups in total. The average molecular weight is 839 g/mol. The minimum Gasteiger partial charge on any atom is -0.507 e. The first-order valence-electron chi connectivity index (χ1n) is 20.5. The molecule has 2 spiro atoms. The number of aliphatic hydroxyl groups is 3. The number of rotatable bonds is 13. The Morgan fingerprint density at radius 2 is 1.74 bits per heavy atom. The van der Waals surface area contributed by atoms with Gasteiger partial charge in [-0.15, -0.1) is 0 Å². The van der Waals surface area contributed by atoms with Crippen LogP contribution in [0.25, 0.3) is 0 Å². The van der Waals surface area contributed by atoms with Crippen LogP contribution >= 0.6 is 11.6 Å². The summed E-state index contributed by atoms with van der Waals surface area (Å²) in [5, 5.41) is 55.3. The van der Waals surface area contributed by atoms with Gasteiger partial charge in [0.15, 0.2) is 17.7 Å². The van der Waals surface area contributed by atoms with E-state index < -0.39 is 95.0 Å². The van der Waals surface area contributed by atoms with Crippen molar-refractivity contribution in [2.45, 2.75) is 154 Å². The largest absolute Gasteiger partial charge is 0.507 e. The van der Waals surface area contributed by atoms with E-state index in [-0.39, 0.29) is 65.4 Å². The molecule has 3 fully saturated rings. The fourth-order valence-corrected chi connectivity index (χ4v) is 10.6. The lowest BCUT2D eigenvalue weighted by atomic mass is 9.74. The Hall–Kier alpha value is -2.66. The Morgan fingerprint density at radius 1 is 1.09 bits per heavy atom. The first-order chi connectivity index (χ1) is 27.0. The Labute approximate surface area is 346 Å². The molecule has 1 aromatic rings. The van der Waals surface area contributed by atoms with E-state index in [1.54, 1.807) is 55.4 Å². The van der Waals surface area contributed by atoms with Crippen LogP contribution in [-0.2, 0) is 38.0 Å². The number of hydrogen-bond acceptors (Lipinski definition) is 13. The van der Waals surface area contributed by atoms with Gasteiger partial charge in [-0.25, -0.2) is 9.59 Å². The van der Waals surface area contributed by atoms with Crippen molar-refractivity contribution in [2.24, 2.45) is 35.5 Å². The Bertz CT molecular complexity index is 1750. The number of Topliss-reactive ketones (excluding diaryl/α,β-unsaturated/α-hetero) is 1. The third-order valence-electron chi connectivity index (χ3n) is 13.7. The summed E-state index contributed by atoms with van der Waals surface area (Å²) in [6, 6.07) is 1.52. The van der Waals surface area contributed by atoms with Gasteiger partial charge in [0.05, 0.1) is 36.9 Å². The van der Waals surface area contributed by atoms with Crippen molar-refractivity contribution in [1.29, 1.82) is 0 Å². The molecule has 1 aromatic carbocycles. The smallest absolute Gasteiger partial charge is 0.339 e. The van der Waals surface area contributed by atoms with E-state index in [9.17, 15) is 39.9 Å². The van der Waals surface area contributed by atoms with Gasteiger partial charge < -0.3 is 54.0 Å². The van der Waals surface area contributed by atoms with Crippen molar-refractivity contribution in [1.82, 2.24) is 0 Å². The van der Waals surface area contributed by atoms with E-state index in [0.717, 1.165) is 0 Å². The van der Waals surface area contributed by atoms with Crippen molar-refractivity contribution in [3.05, 3.63) is 39.9 Å². The van der Waals surface area contributed by atoms with E-state index in [4.69, 9.17) is 40.0 Å². The van der Waals surface area contributed by atoms with Gasteiger partial charge in [0.1, 0.15) is 22.7 Å². The molecule has 5 rings (SSSR count). The zero-order valence-corrected chi connectivity index (χ0v) is 36.2. The quantitative estimate of drug-likeness (QED) is 0.0924. The van der Waals surface area contributed by atoms with Crippen molar-refractivity contribution in [2.75, 3.05) is 13.7 Å². The third kappa shape index (κ3) is 7.75. The van der Waals surface area contributed by atoms with Crippen LogP contribution < -0.4 is 0 Å². The van der Waals surface area contributed by atoms with Crippen molar-refractivity contribution in [3.8, 4) is 5.75 Å². The van der Waals surface area contributed by atoms with E-state index in [2.05, 4.69) is 0 Å². The molecular weight excluding hydrogens is 776 g/mol. The van der Waals surface area contributed by atoms with Crippen LogP contribution in [0.15, 0.2) is 18.2 Å². The zero-order chi connectivity index (χ0) is 43.4. The number of aromatic carboxylic acids is 1. The number of esters is 1. The lowest BCUT2D eigenvalue weighted by Gasteiger charge is -2.53. The van der Waals surface area contributed by atoms with Crippen LogP contribution in [0.2, 0.25) is 5.02 Å². The number of halogens is 1. The highest BCUT2D eigenvalue weighted by atomic mass is 35.5. The van der Waals surface area contributed by atoms with Crippen molar-refractivity contribution < 1.29 is 68.3 Å². The van der Waals surface area contributed by atoms with E-state index in [0.29, 0.717) is 12.0 Å². The van der Waals surface area contributed by atoms with Crippen molar-refractivity contribution in [3.63, 3.8) is 0 Å². The highest BCUT2D eigenvalue weighted by molar-refractivity contribution is 6.32. The molecule has 0 amide bonds. The first-order valence-corrected chi connectivity index (χ1v) is 20.8. The number of carbonyl (C=O) groups excluding carboxylic acids is 2. The van der Waals surface area contributed by atoms with E-state index >= 15 is 0 Å². The molecular formula is C43H63ClO14. The van der Waals surface area contributed by atoms with Crippen LogP contribution in [0.4, 0.5) is 0 Å². The second-order valence-electron chi connectivity index (χ2n) is 17.6. The number of carbonyl (C=O) groups is 3. The molecule has 4 aliphatic rings. The van der Waals surface area contributed by atoms with Gasteiger partial charge in [-0.1, -0.05) is 66.1 Å². The van der Waals surface area contributed by atoms with Gasteiger partial charge in [0.25, 0.3) is 0 Å². The summed E-state index contributed by atoms with van der Waals surface area (Å²) in [6.45, 7) is 17.7. The molecule has 3 saturated heterocycles. The zero-order valence-electron chi connectivity index (χ0n) is 35.5. The average Bonchev–Trinajstić information content (AvgIpc) is 3.63. The maximum absolute atomic E-state index is 14.2. The summed E-state index contributed by atoms with van der Waals surface area (Å²) in [5.74, 6) is -11.2. The van der Waals surface area contributed by atoms with Gasteiger partial charge in [-0.3, -0.25) is 4.79 Å². The highest BCUT2D eigenvalue weighted by Crippen LogP contribution is 2.59. The van der Waals surface area contributed by atoms with Gasteiger partial charge in [-0.2, -0.15) is 0 Å². The van der Waals surface area contributed by atoms with Gasteiger partial charge in [0, 0.05) is 42.7 Å². The minimum atomic E-state index is -2.01. The number of methoxy groups -OCH3 is 1. The molecule has 0 aliphatic carbocycles. The summed E-state index contributed by atoms with van der Waals surface area (Å²) >= 11 is 6.50. The second kappa shape index (κ2) is 17.0. The van der Waals surface area contributed by atoms with Crippen LogP contribution in [0.1, 0.15) is 115 Å². The molecule has 0 aromatic heterocycles. The SMILES string of the molecule is CCOC(=O)C1OC(C2(C)OC3(CC=CC4(OC(C(C)C(=O)C(C)C(O)C(C)CC(C)c5c(Cl)cc(C)c(O)c5C(=O)O)C(C)CC4C)O3)C(C)C2(O)OC)CC1O. The topological polar surface area (TPSA) is 208 Å². The number of hydrogen-bond donors (Lipinski definition) is 5. The van der Waals surface area contributed by atoms with Crippen LogP contribution in [0.3, 0.4) is 0 Å². The molecule has 0 radical (unpaired) electrons. The van der Waals surface area contributed by atoms with Crippen LogP contribution in [0, 0.1) is 42.4 Å². The predicted octanol–water partition coefficient (Wildman–Crippen LogP) is 5.66. The van der Waals surface area contributed by atoms with Crippen LogP contribution in [-0.4, -0.2) is 110 Å². The fraction of sp³-hybridized carbons (Fsp3) is 0.744. The number of benzene rings is 1. The molecule has 16 unspecified atom stereocenters. The molecule has 4 aliphatic heterocycles. The van der Waals surface area contributed by atoms with Crippen LogP contribution in [0.5, 0.6) is 5.75 Å². The molecule has 0 bridgehead atoms. The maximum atomic E-state index is 14.2. The molecule has 326 valence electrons. The summed E-state index contributed by atoms with van der Waals surface area (Å²) < 4.78 is 37.6. The summed E-state index contributed by atoms with van der Waals surface area (Å²) in [5.41, 5.74) is -1.30. The lowest BCUT2D eigenvalue weighted by Crippen LogP contribution is -2.60. The summed E-state index contributed by atoms with van der Waals surface area (Å²) in [4.78, 5) is 39.0. The number of ether oxygens (including phenoxy) is 6. The van der Waals surface area contributed by atoms with Gasteiger partial charge in [0.2, 0.25) is 5.79 Å². The Kier molecular flexibility index (Phi) is 13.6. The maximum Gasteiger partial charge on any atom is 0.339 e. The summed E-state index contributed by atoms with van der Waals surface area (Å²) in [7, 11) is 1.34. The normalized spacial score (nSPS) is 38.7. The van der Waals surface area contributed by atoms with Gasteiger partial charge >= 0.3 is 11.9 Å². The molecule has 4 heterocycles. The monoisotopic (exact) mass is 838 g/mol. The minimum absolute atomic E-state index is 0.0459. The highest BCUT2D eigenvalue weighted by Gasteiger charge is 2.74. The number of phenols is 1. The third-order valence-corrected chi connectivity index (χ3v) is 14.0. The molecule has 16 atom stereocenters. The first kappa shape index (κ1) is 46.4.